The van der Waals surface area contributed by atoms with E-state index < -0.39 is 6.04 Å². The van der Waals surface area contributed by atoms with Gasteiger partial charge in [0.25, 0.3) is 0 Å². The van der Waals surface area contributed by atoms with E-state index in [-0.39, 0.29) is 18.2 Å². The van der Waals surface area contributed by atoms with Gasteiger partial charge < -0.3 is 15.0 Å². The molecule has 30 heavy (non-hydrogen) atoms. The van der Waals surface area contributed by atoms with Crippen LogP contribution < -0.4 is 10.1 Å². The van der Waals surface area contributed by atoms with E-state index in [2.05, 4.69) is 5.32 Å². The zero-order chi connectivity index (χ0) is 21.9. The maximum atomic E-state index is 13.2. The minimum atomic E-state index is -0.526. The van der Waals surface area contributed by atoms with Gasteiger partial charge in [0.1, 0.15) is 11.8 Å². The van der Waals surface area contributed by atoms with Crippen LogP contribution in [0.4, 0.5) is 0 Å². The van der Waals surface area contributed by atoms with Gasteiger partial charge in [0.15, 0.2) is 0 Å². The van der Waals surface area contributed by atoms with Gasteiger partial charge in [-0.05, 0) is 48.6 Å². The van der Waals surface area contributed by atoms with Gasteiger partial charge in [-0.25, -0.2) is 0 Å². The first-order chi connectivity index (χ1) is 14.5. The van der Waals surface area contributed by atoms with E-state index in [1.165, 1.54) is 0 Å². The zero-order valence-corrected chi connectivity index (χ0v) is 18.7. The molecule has 2 aromatic carbocycles. The Labute approximate surface area is 184 Å². The number of benzene rings is 2. The lowest BCUT2D eigenvalue weighted by molar-refractivity contribution is -0.141. The number of ether oxygens (including phenoxy) is 1. The molecule has 0 fully saturated rings. The summed E-state index contributed by atoms with van der Waals surface area (Å²) in [7, 11) is 1.61. The SMILES string of the molecule is CCCNC(=O)[C@H](CC)N(Cc1cccc(OC)c1)C(=O)CCc1ccccc1Cl. The van der Waals surface area contributed by atoms with Crippen molar-refractivity contribution in [2.24, 2.45) is 0 Å². The van der Waals surface area contributed by atoms with Gasteiger partial charge >= 0.3 is 0 Å². The summed E-state index contributed by atoms with van der Waals surface area (Å²) < 4.78 is 5.31. The largest absolute Gasteiger partial charge is 0.497 e. The number of carbonyl (C=O) groups is 2. The summed E-state index contributed by atoms with van der Waals surface area (Å²) in [5.41, 5.74) is 1.85. The van der Waals surface area contributed by atoms with Crippen LogP contribution in [-0.4, -0.2) is 36.4 Å². The monoisotopic (exact) mass is 430 g/mol. The number of amides is 2. The van der Waals surface area contributed by atoms with Gasteiger partial charge in [0, 0.05) is 24.5 Å². The Morgan fingerprint density at radius 2 is 1.90 bits per heavy atom. The number of nitrogens with one attached hydrogen (secondary N) is 1. The van der Waals surface area contributed by atoms with E-state index >= 15 is 0 Å². The zero-order valence-electron chi connectivity index (χ0n) is 18.0. The van der Waals surface area contributed by atoms with E-state index in [4.69, 9.17) is 16.3 Å². The van der Waals surface area contributed by atoms with Crippen LogP contribution in [0, 0.1) is 0 Å². The molecule has 0 spiro atoms. The third-order valence-electron chi connectivity index (χ3n) is 4.99. The second-order valence-electron chi connectivity index (χ2n) is 7.18. The summed E-state index contributed by atoms with van der Waals surface area (Å²) >= 11 is 6.24. The summed E-state index contributed by atoms with van der Waals surface area (Å²) in [5.74, 6) is 0.532. The average Bonchev–Trinajstić information content (AvgIpc) is 2.76. The maximum Gasteiger partial charge on any atom is 0.242 e. The molecule has 162 valence electrons. The fourth-order valence-electron chi connectivity index (χ4n) is 3.34. The van der Waals surface area contributed by atoms with Crippen LogP contribution >= 0.6 is 11.6 Å². The number of aryl methyl sites for hydroxylation is 1. The van der Waals surface area contributed by atoms with Crippen molar-refractivity contribution in [2.75, 3.05) is 13.7 Å². The Morgan fingerprint density at radius 3 is 2.57 bits per heavy atom. The van der Waals surface area contributed by atoms with Crippen molar-refractivity contribution in [3.8, 4) is 5.75 Å². The van der Waals surface area contributed by atoms with Gasteiger partial charge in [-0.15, -0.1) is 0 Å². The molecule has 0 saturated heterocycles. The lowest BCUT2D eigenvalue weighted by atomic mass is 10.1. The third-order valence-corrected chi connectivity index (χ3v) is 5.36. The highest BCUT2D eigenvalue weighted by Gasteiger charge is 2.28. The number of hydrogen-bond donors (Lipinski definition) is 1. The van der Waals surface area contributed by atoms with Crippen LogP contribution in [0.1, 0.15) is 44.2 Å². The van der Waals surface area contributed by atoms with Crippen molar-refractivity contribution in [1.82, 2.24) is 10.2 Å². The average molecular weight is 431 g/mol. The summed E-state index contributed by atoms with van der Waals surface area (Å²) in [5, 5.41) is 3.58. The fourth-order valence-corrected chi connectivity index (χ4v) is 3.57. The first-order valence-corrected chi connectivity index (χ1v) is 10.8. The standard InChI is InChI=1S/C24H31ClN2O3/c1-4-15-26-24(29)22(5-2)27(17-18-9-8-11-20(16-18)30-3)23(28)14-13-19-10-6-7-12-21(19)25/h6-12,16,22H,4-5,13-15,17H2,1-3H3,(H,26,29)/t22-/m0/s1. The number of nitrogens with zero attached hydrogens (tertiary/aromatic N) is 1. The van der Waals surface area contributed by atoms with Gasteiger partial charge in [0.2, 0.25) is 11.8 Å². The van der Waals surface area contributed by atoms with Crippen molar-refractivity contribution in [3.63, 3.8) is 0 Å². The summed E-state index contributed by atoms with van der Waals surface area (Å²) in [6, 6.07) is 14.6. The predicted octanol–water partition coefficient (Wildman–Crippen LogP) is 4.61. The highest BCUT2D eigenvalue weighted by atomic mass is 35.5. The summed E-state index contributed by atoms with van der Waals surface area (Å²) in [6.45, 7) is 4.87. The molecule has 0 unspecified atom stereocenters. The quantitative estimate of drug-likeness (QED) is 0.566. The molecule has 1 N–H and O–H groups in total. The van der Waals surface area contributed by atoms with Gasteiger partial charge in [-0.1, -0.05) is 55.8 Å². The third kappa shape index (κ3) is 6.77. The van der Waals surface area contributed by atoms with E-state index in [0.29, 0.717) is 31.0 Å². The molecule has 0 aromatic heterocycles. The fraction of sp³-hybridized carbons (Fsp3) is 0.417. The number of carbonyl (C=O) groups excluding carboxylic acids is 2. The first kappa shape index (κ1) is 23.7. The van der Waals surface area contributed by atoms with Crippen molar-refractivity contribution < 1.29 is 14.3 Å². The van der Waals surface area contributed by atoms with E-state index in [1.54, 1.807) is 12.0 Å². The molecular weight excluding hydrogens is 400 g/mol. The Balaban J connectivity index is 2.22. The summed E-state index contributed by atoms with van der Waals surface area (Å²) in [4.78, 5) is 27.7. The second-order valence-corrected chi connectivity index (χ2v) is 7.59. The Morgan fingerprint density at radius 1 is 1.13 bits per heavy atom. The van der Waals surface area contributed by atoms with E-state index in [1.807, 2.05) is 62.4 Å². The van der Waals surface area contributed by atoms with Crippen LogP contribution in [-0.2, 0) is 22.6 Å². The lowest BCUT2D eigenvalue weighted by Gasteiger charge is -2.31. The number of rotatable bonds is 11. The van der Waals surface area contributed by atoms with Crippen LogP contribution in [0.2, 0.25) is 5.02 Å². The Bertz CT molecular complexity index is 841. The molecule has 0 saturated carbocycles. The highest BCUT2D eigenvalue weighted by molar-refractivity contribution is 6.31. The Hall–Kier alpha value is -2.53. The van der Waals surface area contributed by atoms with Crippen LogP contribution in [0.5, 0.6) is 5.75 Å². The van der Waals surface area contributed by atoms with Crippen molar-refractivity contribution in [1.29, 1.82) is 0 Å². The van der Waals surface area contributed by atoms with Crippen LogP contribution in [0.3, 0.4) is 0 Å². The second kappa shape index (κ2) is 12.2. The minimum Gasteiger partial charge on any atom is -0.497 e. The smallest absolute Gasteiger partial charge is 0.242 e. The Kier molecular flexibility index (Phi) is 9.68. The molecular formula is C24H31ClN2O3. The molecule has 0 aliphatic heterocycles. The normalized spacial score (nSPS) is 11.6. The molecule has 0 radical (unpaired) electrons. The molecule has 0 bridgehead atoms. The first-order valence-electron chi connectivity index (χ1n) is 10.4. The molecule has 0 heterocycles. The molecule has 2 amide bonds. The van der Waals surface area contributed by atoms with Gasteiger partial charge in [0.05, 0.1) is 7.11 Å². The van der Waals surface area contributed by atoms with Gasteiger partial charge in [-0.2, -0.15) is 0 Å². The van der Waals surface area contributed by atoms with Crippen molar-refractivity contribution in [2.45, 2.75) is 52.1 Å². The molecule has 5 nitrogen and oxygen atoms in total. The lowest BCUT2D eigenvalue weighted by Crippen LogP contribution is -2.49. The topological polar surface area (TPSA) is 58.6 Å². The van der Waals surface area contributed by atoms with Gasteiger partial charge in [-0.3, -0.25) is 9.59 Å². The number of methoxy groups -OCH3 is 1. The van der Waals surface area contributed by atoms with Crippen LogP contribution in [0.15, 0.2) is 48.5 Å². The van der Waals surface area contributed by atoms with Crippen molar-refractivity contribution >= 4 is 23.4 Å². The van der Waals surface area contributed by atoms with Crippen molar-refractivity contribution in [3.05, 3.63) is 64.7 Å². The molecule has 0 aliphatic rings. The van der Waals surface area contributed by atoms with E-state index in [9.17, 15) is 9.59 Å². The number of hydrogen-bond acceptors (Lipinski definition) is 3. The maximum absolute atomic E-state index is 13.2. The molecule has 0 aliphatic carbocycles. The van der Waals surface area contributed by atoms with E-state index in [0.717, 1.165) is 23.3 Å². The minimum absolute atomic E-state index is 0.0729. The predicted molar refractivity (Wildman–Crippen MR) is 121 cm³/mol. The molecule has 2 aromatic rings. The number of halogens is 1. The highest BCUT2D eigenvalue weighted by Crippen LogP contribution is 2.20. The molecule has 6 heteroatoms. The summed E-state index contributed by atoms with van der Waals surface area (Å²) in [6.07, 6.45) is 2.20. The molecule has 2 rings (SSSR count). The molecule has 1 atom stereocenters. The van der Waals surface area contributed by atoms with Crippen LogP contribution in [0.25, 0.3) is 0 Å².